The van der Waals surface area contributed by atoms with Gasteiger partial charge in [0.05, 0.1) is 16.6 Å². The largest absolute Gasteiger partial charge is 0.295 e. The molecule has 0 saturated heterocycles. The second-order valence-electron chi connectivity index (χ2n) is 5.19. The van der Waals surface area contributed by atoms with Crippen molar-refractivity contribution in [3.8, 4) is 5.69 Å². The van der Waals surface area contributed by atoms with Crippen molar-refractivity contribution in [2.24, 2.45) is 0 Å². The molecule has 0 fully saturated rings. The minimum Gasteiger partial charge on any atom is -0.295 e. The number of fused-ring (bicyclic) bond motifs is 1. The van der Waals surface area contributed by atoms with Gasteiger partial charge in [0.25, 0.3) is 5.56 Å². The molecule has 0 saturated carbocycles. The molecule has 0 aliphatic heterocycles. The second kappa shape index (κ2) is 6.02. The normalized spacial score (nSPS) is 11.0. The fourth-order valence-electron chi connectivity index (χ4n) is 2.47. The molecule has 0 bridgehead atoms. The fourth-order valence-corrected chi connectivity index (χ4v) is 3.79. The van der Waals surface area contributed by atoms with E-state index in [1.165, 1.54) is 6.92 Å². The number of nitrogens with zero attached hydrogens (tertiary/aromatic N) is 2. The van der Waals surface area contributed by atoms with Crippen molar-refractivity contribution in [2.45, 2.75) is 13.8 Å². The van der Waals surface area contributed by atoms with Crippen LogP contribution in [0.15, 0.2) is 50.1 Å². The van der Waals surface area contributed by atoms with Crippen molar-refractivity contribution in [3.63, 3.8) is 0 Å². The second-order valence-corrected chi connectivity index (χ2v) is 6.96. The predicted molar refractivity (Wildman–Crippen MR) is 97.5 cm³/mol. The third-order valence-corrected chi connectivity index (χ3v) is 4.65. The van der Waals surface area contributed by atoms with Gasteiger partial charge in [-0.3, -0.25) is 14.2 Å². The highest BCUT2D eigenvalue weighted by Gasteiger charge is 2.13. The molecule has 0 aliphatic rings. The highest BCUT2D eigenvalue weighted by Crippen LogP contribution is 2.26. The maximum absolute atomic E-state index is 12.9. The van der Waals surface area contributed by atoms with Crippen molar-refractivity contribution in [3.05, 3.63) is 67.1 Å². The molecule has 1 heterocycles. The molecule has 6 heteroatoms. The van der Waals surface area contributed by atoms with Gasteiger partial charge in [-0.05, 0) is 66.2 Å². The lowest BCUT2D eigenvalue weighted by Crippen LogP contribution is -2.22. The summed E-state index contributed by atoms with van der Waals surface area (Å²) in [7, 11) is 0. The van der Waals surface area contributed by atoms with E-state index in [0.29, 0.717) is 28.0 Å². The quantitative estimate of drug-likeness (QED) is 0.559. The first-order valence-electron chi connectivity index (χ1n) is 6.88. The summed E-state index contributed by atoms with van der Waals surface area (Å²) in [5.74, 6) is 0.575. The summed E-state index contributed by atoms with van der Waals surface area (Å²) in [5.41, 5.74) is 1.78. The van der Waals surface area contributed by atoms with Gasteiger partial charge < -0.3 is 0 Å². The molecule has 0 N–H and O–H groups in total. The summed E-state index contributed by atoms with van der Waals surface area (Å²) in [4.78, 5) is 28.8. The summed E-state index contributed by atoms with van der Waals surface area (Å²) in [6.45, 7) is 3.30. The van der Waals surface area contributed by atoms with Gasteiger partial charge in [0, 0.05) is 14.5 Å². The van der Waals surface area contributed by atoms with Crippen molar-refractivity contribution >= 4 is 48.5 Å². The highest BCUT2D eigenvalue weighted by molar-refractivity contribution is 9.11. The number of rotatable bonds is 2. The Morgan fingerprint density at radius 3 is 2.39 bits per heavy atom. The van der Waals surface area contributed by atoms with Crippen LogP contribution in [0, 0.1) is 6.92 Å². The van der Waals surface area contributed by atoms with Crippen LogP contribution in [-0.4, -0.2) is 15.3 Å². The number of hydrogen-bond donors (Lipinski definition) is 0. The topological polar surface area (TPSA) is 52.0 Å². The van der Waals surface area contributed by atoms with Gasteiger partial charge in [-0.15, -0.1) is 0 Å². The van der Waals surface area contributed by atoms with E-state index in [1.807, 2.05) is 6.07 Å². The van der Waals surface area contributed by atoms with Gasteiger partial charge in [0.15, 0.2) is 5.78 Å². The number of Topliss-reactive ketones (excluding diaryl/α,β-unsaturated/α-hetero) is 1. The van der Waals surface area contributed by atoms with Crippen molar-refractivity contribution in [1.29, 1.82) is 0 Å². The number of hydrogen-bond acceptors (Lipinski definition) is 3. The van der Waals surface area contributed by atoms with E-state index >= 15 is 0 Å². The summed E-state index contributed by atoms with van der Waals surface area (Å²) in [5, 5.41) is 0.521. The summed E-state index contributed by atoms with van der Waals surface area (Å²) in [6, 6.07) is 10.6. The van der Waals surface area contributed by atoms with E-state index in [2.05, 4.69) is 36.8 Å². The molecule has 0 unspecified atom stereocenters. The van der Waals surface area contributed by atoms with Gasteiger partial charge in [0.2, 0.25) is 0 Å². The average Bonchev–Trinajstić information content (AvgIpc) is 2.49. The average molecular weight is 436 g/mol. The fraction of sp³-hybridized carbons (Fsp3) is 0.118. The molecule has 1 aromatic heterocycles. The molecule has 116 valence electrons. The molecule has 0 amide bonds. The third kappa shape index (κ3) is 2.88. The minimum atomic E-state index is -0.148. The third-order valence-electron chi connectivity index (χ3n) is 3.59. The molecule has 0 aliphatic carbocycles. The summed E-state index contributed by atoms with van der Waals surface area (Å²) < 4.78 is 3.12. The summed E-state index contributed by atoms with van der Waals surface area (Å²) in [6.07, 6.45) is 0. The SMILES string of the molecule is CC(=O)c1ccc(-n2c(C)nc3c(Br)cc(Br)cc3c2=O)cc1. The first-order valence-corrected chi connectivity index (χ1v) is 8.47. The Morgan fingerprint density at radius 2 is 1.78 bits per heavy atom. The lowest BCUT2D eigenvalue weighted by Gasteiger charge is -2.12. The van der Waals surface area contributed by atoms with Crippen molar-refractivity contribution < 1.29 is 4.79 Å². The van der Waals surface area contributed by atoms with Crippen LogP contribution in [-0.2, 0) is 0 Å². The van der Waals surface area contributed by atoms with Crippen molar-refractivity contribution in [1.82, 2.24) is 9.55 Å². The standard InChI is InChI=1S/C17H12Br2N2O2/c1-9(22)11-3-5-13(6-4-11)21-10(2)20-16-14(17(21)23)7-12(18)8-15(16)19/h3-8H,1-2H3. The lowest BCUT2D eigenvalue weighted by atomic mass is 10.1. The molecule has 23 heavy (non-hydrogen) atoms. The first-order chi connectivity index (χ1) is 10.9. The number of aromatic nitrogens is 2. The zero-order chi connectivity index (χ0) is 16.7. The van der Waals surface area contributed by atoms with Crippen LogP contribution in [0.4, 0.5) is 0 Å². The Kier molecular flexibility index (Phi) is 4.21. The molecule has 2 aromatic carbocycles. The number of benzene rings is 2. The zero-order valence-electron chi connectivity index (χ0n) is 12.4. The first kappa shape index (κ1) is 16.1. The van der Waals surface area contributed by atoms with Gasteiger partial charge in [0.1, 0.15) is 5.82 Å². The van der Waals surface area contributed by atoms with Gasteiger partial charge in [-0.1, -0.05) is 15.9 Å². The van der Waals surface area contributed by atoms with E-state index in [4.69, 9.17) is 0 Å². The van der Waals surface area contributed by atoms with Crippen LogP contribution in [0.1, 0.15) is 23.1 Å². The Bertz CT molecular complexity index is 992. The number of halogens is 2. The smallest absolute Gasteiger partial charge is 0.266 e. The molecule has 0 spiro atoms. The number of carbonyl (C=O) groups excluding carboxylic acids is 1. The van der Waals surface area contributed by atoms with E-state index < -0.39 is 0 Å². The van der Waals surface area contributed by atoms with Crippen LogP contribution in [0.25, 0.3) is 16.6 Å². The Balaban J connectivity index is 2.29. The van der Waals surface area contributed by atoms with Gasteiger partial charge in [-0.25, -0.2) is 4.98 Å². The van der Waals surface area contributed by atoms with E-state index in [0.717, 1.165) is 8.95 Å². The number of carbonyl (C=O) groups is 1. The van der Waals surface area contributed by atoms with Crippen LogP contribution in [0.5, 0.6) is 0 Å². The van der Waals surface area contributed by atoms with Crippen LogP contribution in [0.3, 0.4) is 0 Å². The Hall–Kier alpha value is -1.79. The molecule has 0 atom stereocenters. The van der Waals surface area contributed by atoms with Crippen LogP contribution >= 0.6 is 31.9 Å². The van der Waals surface area contributed by atoms with Gasteiger partial charge >= 0.3 is 0 Å². The number of aryl methyl sites for hydroxylation is 1. The van der Waals surface area contributed by atoms with Crippen LogP contribution < -0.4 is 5.56 Å². The number of ketones is 1. The molecule has 0 radical (unpaired) electrons. The molecule has 3 aromatic rings. The maximum atomic E-state index is 12.9. The van der Waals surface area contributed by atoms with Crippen LogP contribution in [0.2, 0.25) is 0 Å². The Morgan fingerprint density at radius 1 is 1.13 bits per heavy atom. The molecular weight excluding hydrogens is 424 g/mol. The predicted octanol–water partition coefficient (Wildman–Crippen LogP) is 4.42. The molecule has 4 nitrogen and oxygen atoms in total. The monoisotopic (exact) mass is 434 g/mol. The van der Waals surface area contributed by atoms with Crippen molar-refractivity contribution in [2.75, 3.05) is 0 Å². The van der Waals surface area contributed by atoms with E-state index in [-0.39, 0.29) is 11.3 Å². The lowest BCUT2D eigenvalue weighted by molar-refractivity contribution is 0.101. The molecule has 3 rings (SSSR count). The summed E-state index contributed by atoms with van der Waals surface area (Å²) >= 11 is 6.84. The Labute approximate surface area is 149 Å². The minimum absolute atomic E-state index is 0.00915. The van der Waals surface area contributed by atoms with E-state index in [9.17, 15) is 9.59 Å². The van der Waals surface area contributed by atoms with Gasteiger partial charge in [-0.2, -0.15) is 0 Å². The zero-order valence-corrected chi connectivity index (χ0v) is 15.6. The highest BCUT2D eigenvalue weighted by atomic mass is 79.9. The van der Waals surface area contributed by atoms with E-state index in [1.54, 1.807) is 41.8 Å². The maximum Gasteiger partial charge on any atom is 0.266 e. The molecular formula is C17H12Br2N2O2.